The van der Waals surface area contributed by atoms with E-state index in [1.54, 1.807) is 0 Å². The maximum absolute atomic E-state index is 5.33. The van der Waals surface area contributed by atoms with Crippen LogP contribution >= 0.6 is 0 Å². The van der Waals surface area contributed by atoms with Crippen molar-refractivity contribution in [1.29, 1.82) is 0 Å². The standard InChI is InChI=1S/C11H17N3O/c1-9(2)8-15-7-6-12-11-5-4-10(3)13-14-11/h4-5H,1,6-8H2,2-3H3,(H,12,14). The second-order valence-electron chi connectivity index (χ2n) is 3.50. The molecule has 0 radical (unpaired) electrons. The van der Waals surface area contributed by atoms with Gasteiger partial charge in [-0.2, -0.15) is 5.10 Å². The van der Waals surface area contributed by atoms with E-state index in [2.05, 4.69) is 22.1 Å². The van der Waals surface area contributed by atoms with Crippen molar-refractivity contribution in [3.8, 4) is 0 Å². The molecule has 15 heavy (non-hydrogen) atoms. The molecular formula is C11H17N3O. The van der Waals surface area contributed by atoms with Crippen LogP contribution in [0.15, 0.2) is 24.3 Å². The largest absolute Gasteiger partial charge is 0.375 e. The van der Waals surface area contributed by atoms with Crippen molar-refractivity contribution < 1.29 is 4.74 Å². The van der Waals surface area contributed by atoms with Crippen molar-refractivity contribution in [2.75, 3.05) is 25.1 Å². The lowest BCUT2D eigenvalue weighted by molar-refractivity contribution is 0.167. The number of nitrogens with zero attached hydrogens (tertiary/aromatic N) is 2. The van der Waals surface area contributed by atoms with Crippen LogP contribution < -0.4 is 5.32 Å². The van der Waals surface area contributed by atoms with Gasteiger partial charge in [0.05, 0.1) is 18.9 Å². The molecule has 0 aliphatic rings. The Bertz CT molecular complexity index is 308. The zero-order chi connectivity index (χ0) is 11.1. The predicted octanol–water partition coefficient (Wildman–Crippen LogP) is 1.79. The highest BCUT2D eigenvalue weighted by molar-refractivity contribution is 5.32. The van der Waals surface area contributed by atoms with Gasteiger partial charge in [-0.25, -0.2) is 0 Å². The van der Waals surface area contributed by atoms with Crippen molar-refractivity contribution in [2.24, 2.45) is 0 Å². The van der Waals surface area contributed by atoms with Crippen molar-refractivity contribution in [1.82, 2.24) is 10.2 Å². The van der Waals surface area contributed by atoms with Crippen LogP contribution in [0.2, 0.25) is 0 Å². The average molecular weight is 207 g/mol. The van der Waals surface area contributed by atoms with Gasteiger partial charge in [0, 0.05) is 6.54 Å². The third kappa shape index (κ3) is 5.12. The Balaban J connectivity index is 2.15. The SMILES string of the molecule is C=C(C)COCCNc1ccc(C)nn1. The Morgan fingerprint density at radius 2 is 2.27 bits per heavy atom. The molecule has 0 fully saturated rings. The fraction of sp³-hybridized carbons (Fsp3) is 0.455. The molecule has 4 heteroatoms. The Hall–Kier alpha value is -1.42. The molecule has 1 aromatic rings. The molecule has 0 amide bonds. The molecule has 1 N–H and O–H groups in total. The number of ether oxygens (including phenoxy) is 1. The lowest BCUT2D eigenvalue weighted by Gasteiger charge is -2.05. The number of rotatable bonds is 6. The van der Waals surface area contributed by atoms with Gasteiger partial charge in [0.15, 0.2) is 0 Å². The van der Waals surface area contributed by atoms with Crippen LogP contribution in [0.5, 0.6) is 0 Å². The highest BCUT2D eigenvalue weighted by Gasteiger charge is 1.93. The summed E-state index contributed by atoms with van der Waals surface area (Å²) in [5.41, 5.74) is 1.95. The molecule has 0 aliphatic carbocycles. The Kier molecular flexibility index (Phi) is 4.77. The average Bonchev–Trinajstić information content (AvgIpc) is 2.20. The molecule has 1 heterocycles. The van der Waals surface area contributed by atoms with Crippen LogP contribution in [0.4, 0.5) is 5.82 Å². The second-order valence-corrected chi connectivity index (χ2v) is 3.50. The van der Waals surface area contributed by atoms with Crippen LogP contribution in [-0.2, 0) is 4.74 Å². The molecule has 0 spiro atoms. The van der Waals surface area contributed by atoms with E-state index in [1.807, 2.05) is 26.0 Å². The number of anilines is 1. The summed E-state index contributed by atoms with van der Waals surface area (Å²) in [6.45, 7) is 9.59. The molecular weight excluding hydrogens is 190 g/mol. The van der Waals surface area contributed by atoms with Gasteiger partial charge in [-0.05, 0) is 26.0 Å². The van der Waals surface area contributed by atoms with E-state index in [-0.39, 0.29) is 0 Å². The van der Waals surface area contributed by atoms with E-state index in [0.29, 0.717) is 13.2 Å². The van der Waals surface area contributed by atoms with Gasteiger partial charge >= 0.3 is 0 Å². The van der Waals surface area contributed by atoms with E-state index in [0.717, 1.165) is 23.6 Å². The predicted molar refractivity (Wildman–Crippen MR) is 60.9 cm³/mol. The molecule has 0 unspecified atom stereocenters. The van der Waals surface area contributed by atoms with Gasteiger partial charge in [0.25, 0.3) is 0 Å². The topological polar surface area (TPSA) is 47.0 Å². The summed E-state index contributed by atoms with van der Waals surface area (Å²) in [6.07, 6.45) is 0. The maximum Gasteiger partial charge on any atom is 0.148 e. The van der Waals surface area contributed by atoms with Crippen molar-refractivity contribution >= 4 is 5.82 Å². The first kappa shape index (κ1) is 11.7. The summed E-state index contributed by atoms with van der Waals surface area (Å²) in [7, 11) is 0. The van der Waals surface area contributed by atoms with Crippen LogP contribution in [0.3, 0.4) is 0 Å². The Morgan fingerprint density at radius 3 is 2.87 bits per heavy atom. The third-order valence-corrected chi connectivity index (χ3v) is 1.70. The summed E-state index contributed by atoms with van der Waals surface area (Å²) in [6, 6.07) is 3.82. The minimum atomic E-state index is 0.612. The summed E-state index contributed by atoms with van der Waals surface area (Å²) in [5, 5.41) is 11.0. The Labute approximate surface area is 90.4 Å². The molecule has 82 valence electrons. The fourth-order valence-corrected chi connectivity index (χ4v) is 0.991. The summed E-state index contributed by atoms with van der Waals surface area (Å²) in [4.78, 5) is 0. The van der Waals surface area contributed by atoms with Gasteiger partial charge in [-0.3, -0.25) is 0 Å². The minimum Gasteiger partial charge on any atom is -0.375 e. The van der Waals surface area contributed by atoms with Crippen molar-refractivity contribution in [3.05, 3.63) is 30.0 Å². The molecule has 1 rings (SSSR count). The second kappa shape index (κ2) is 6.14. The van der Waals surface area contributed by atoms with Gasteiger partial charge < -0.3 is 10.1 Å². The minimum absolute atomic E-state index is 0.612. The number of nitrogens with one attached hydrogen (secondary N) is 1. The smallest absolute Gasteiger partial charge is 0.148 e. The van der Waals surface area contributed by atoms with Crippen LogP contribution in [0.25, 0.3) is 0 Å². The van der Waals surface area contributed by atoms with E-state index in [4.69, 9.17) is 4.74 Å². The zero-order valence-corrected chi connectivity index (χ0v) is 9.29. The summed E-state index contributed by atoms with van der Waals surface area (Å²) in [5.74, 6) is 0.777. The van der Waals surface area contributed by atoms with Crippen molar-refractivity contribution in [3.63, 3.8) is 0 Å². The maximum atomic E-state index is 5.33. The fourth-order valence-electron chi connectivity index (χ4n) is 0.991. The highest BCUT2D eigenvalue weighted by atomic mass is 16.5. The van der Waals surface area contributed by atoms with Gasteiger partial charge in [0.2, 0.25) is 0 Å². The molecule has 0 saturated heterocycles. The number of aryl methyl sites for hydroxylation is 1. The number of aromatic nitrogens is 2. The van der Waals surface area contributed by atoms with Crippen LogP contribution in [-0.4, -0.2) is 30.0 Å². The third-order valence-electron chi connectivity index (χ3n) is 1.70. The molecule has 4 nitrogen and oxygen atoms in total. The molecule has 0 saturated carbocycles. The number of hydrogen-bond donors (Lipinski definition) is 1. The molecule has 0 bridgehead atoms. The normalized spacial score (nSPS) is 10.0. The monoisotopic (exact) mass is 207 g/mol. The molecule has 0 aromatic carbocycles. The van der Waals surface area contributed by atoms with E-state index >= 15 is 0 Å². The molecule has 0 aliphatic heterocycles. The molecule has 0 atom stereocenters. The van der Waals surface area contributed by atoms with Gasteiger partial charge in [-0.15, -0.1) is 5.10 Å². The Morgan fingerprint density at radius 1 is 1.47 bits per heavy atom. The lowest BCUT2D eigenvalue weighted by Crippen LogP contribution is -2.11. The zero-order valence-electron chi connectivity index (χ0n) is 9.29. The van der Waals surface area contributed by atoms with Gasteiger partial charge in [-0.1, -0.05) is 12.2 Å². The first-order valence-corrected chi connectivity index (χ1v) is 4.95. The highest BCUT2D eigenvalue weighted by Crippen LogP contribution is 1.99. The molecule has 1 aromatic heterocycles. The van der Waals surface area contributed by atoms with E-state index in [1.165, 1.54) is 0 Å². The van der Waals surface area contributed by atoms with Crippen molar-refractivity contribution in [2.45, 2.75) is 13.8 Å². The van der Waals surface area contributed by atoms with E-state index < -0.39 is 0 Å². The number of hydrogen-bond acceptors (Lipinski definition) is 4. The van der Waals surface area contributed by atoms with E-state index in [9.17, 15) is 0 Å². The quantitative estimate of drug-likeness (QED) is 0.570. The van der Waals surface area contributed by atoms with Crippen LogP contribution in [0.1, 0.15) is 12.6 Å². The first-order chi connectivity index (χ1) is 7.18. The lowest BCUT2D eigenvalue weighted by atomic mass is 10.4. The first-order valence-electron chi connectivity index (χ1n) is 4.95. The summed E-state index contributed by atoms with van der Waals surface area (Å²) >= 11 is 0. The van der Waals surface area contributed by atoms with Crippen LogP contribution in [0, 0.1) is 6.92 Å². The van der Waals surface area contributed by atoms with Gasteiger partial charge in [0.1, 0.15) is 5.82 Å². The summed E-state index contributed by atoms with van der Waals surface area (Å²) < 4.78 is 5.33.